The lowest BCUT2D eigenvalue weighted by Crippen LogP contribution is -2.38. The molecule has 1 aliphatic heterocycles. The topological polar surface area (TPSA) is 66.0 Å². The fourth-order valence-electron chi connectivity index (χ4n) is 4.81. The molecule has 2 aromatic carbocycles. The summed E-state index contributed by atoms with van der Waals surface area (Å²) >= 11 is 0. The van der Waals surface area contributed by atoms with Crippen LogP contribution in [-0.4, -0.2) is 59.9 Å². The number of pyridine rings is 1. The summed E-state index contributed by atoms with van der Waals surface area (Å²) in [6.07, 6.45) is 4.48. The maximum absolute atomic E-state index is 13.9. The molecule has 2 heterocycles. The van der Waals surface area contributed by atoms with E-state index >= 15 is 0 Å². The Morgan fingerprint density at radius 2 is 1.81 bits per heavy atom. The van der Waals surface area contributed by atoms with E-state index in [0.717, 1.165) is 41.9 Å². The second kappa shape index (κ2) is 11.8. The number of amides is 2. The molecule has 0 bridgehead atoms. The Bertz CT molecular complexity index is 1200. The third kappa shape index (κ3) is 5.91. The third-order valence-electron chi connectivity index (χ3n) is 6.63. The minimum Gasteiger partial charge on any atom is -0.496 e. The molecule has 188 valence electrons. The minimum atomic E-state index is -0.0831. The van der Waals surface area contributed by atoms with Gasteiger partial charge in [-0.2, -0.15) is 0 Å². The van der Waals surface area contributed by atoms with Crippen molar-refractivity contribution in [2.24, 2.45) is 0 Å². The second-order valence-corrected chi connectivity index (χ2v) is 9.17. The minimum absolute atomic E-state index is 0.00117. The molecule has 1 aliphatic rings. The summed E-state index contributed by atoms with van der Waals surface area (Å²) in [7, 11) is 1.60. The molecule has 7 heteroatoms. The highest BCUT2D eigenvalue weighted by atomic mass is 16.5. The molecule has 3 aromatic rings. The van der Waals surface area contributed by atoms with Crippen molar-refractivity contribution in [3.8, 4) is 5.75 Å². The lowest BCUT2D eigenvalue weighted by atomic mass is 10.1. The Hall–Kier alpha value is -3.71. The lowest BCUT2D eigenvalue weighted by Gasteiger charge is -2.28. The molecule has 4 rings (SSSR count). The van der Waals surface area contributed by atoms with Crippen molar-refractivity contribution in [2.45, 2.75) is 33.4 Å². The zero-order chi connectivity index (χ0) is 25.5. The molecule has 0 saturated heterocycles. The van der Waals surface area contributed by atoms with Crippen LogP contribution in [0.3, 0.4) is 0 Å². The molecule has 0 saturated carbocycles. The molecule has 7 nitrogen and oxygen atoms in total. The predicted octanol–water partition coefficient (Wildman–Crippen LogP) is 4.30. The van der Waals surface area contributed by atoms with Gasteiger partial charge in [0, 0.05) is 64.3 Å². The zero-order valence-corrected chi connectivity index (χ0v) is 21.3. The van der Waals surface area contributed by atoms with Crippen molar-refractivity contribution < 1.29 is 14.3 Å². The number of aryl methyl sites for hydroxylation is 1. The number of ether oxygens (including phenoxy) is 1. The van der Waals surface area contributed by atoms with Crippen LogP contribution in [0.15, 0.2) is 67.0 Å². The first-order valence-corrected chi connectivity index (χ1v) is 12.4. The Morgan fingerprint density at radius 3 is 2.56 bits per heavy atom. The molecular weight excluding hydrogens is 452 g/mol. The molecule has 2 amide bonds. The quantitative estimate of drug-likeness (QED) is 0.550. The third-order valence-corrected chi connectivity index (χ3v) is 6.63. The van der Waals surface area contributed by atoms with Crippen molar-refractivity contribution >= 4 is 17.5 Å². The van der Waals surface area contributed by atoms with Gasteiger partial charge in [0.2, 0.25) is 5.91 Å². The van der Waals surface area contributed by atoms with Gasteiger partial charge in [0.05, 0.1) is 12.7 Å². The molecule has 1 aromatic heterocycles. The van der Waals surface area contributed by atoms with Crippen molar-refractivity contribution in [1.29, 1.82) is 0 Å². The van der Waals surface area contributed by atoms with Crippen molar-refractivity contribution in [2.75, 3.05) is 38.2 Å². The van der Waals surface area contributed by atoms with Gasteiger partial charge in [-0.05, 0) is 48.2 Å². The van der Waals surface area contributed by atoms with E-state index in [1.54, 1.807) is 20.2 Å². The van der Waals surface area contributed by atoms with Crippen molar-refractivity contribution in [3.05, 3.63) is 89.2 Å². The Labute approximate surface area is 213 Å². The summed E-state index contributed by atoms with van der Waals surface area (Å²) < 4.78 is 5.61. The van der Waals surface area contributed by atoms with Gasteiger partial charge < -0.3 is 14.5 Å². The molecule has 0 radical (unpaired) electrons. The standard InChI is InChI=1S/C29H34N4O3/c1-22-9-6-12-26(28(22)36-3)29(35)32-18-17-31(20-24-10-7-14-30-19-24)15-8-16-33(23(2)34)27-13-5-4-11-25(27)21-32/h4-7,9-14,19H,8,15-18,20-21H2,1-3H3. The van der Waals surface area contributed by atoms with Gasteiger partial charge in [0.1, 0.15) is 5.75 Å². The number of fused-ring (bicyclic) bond motifs is 1. The van der Waals surface area contributed by atoms with E-state index in [9.17, 15) is 9.59 Å². The summed E-state index contributed by atoms with van der Waals surface area (Å²) in [4.78, 5) is 36.8. The van der Waals surface area contributed by atoms with Crippen LogP contribution in [-0.2, 0) is 17.9 Å². The smallest absolute Gasteiger partial charge is 0.257 e. The van der Waals surface area contributed by atoms with Crippen LogP contribution in [0, 0.1) is 6.92 Å². The molecular formula is C29H34N4O3. The first-order chi connectivity index (χ1) is 17.5. The molecule has 0 N–H and O–H groups in total. The van der Waals surface area contributed by atoms with Crippen LogP contribution in [0.5, 0.6) is 5.75 Å². The van der Waals surface area contributed by atoms with E-state index in [-0.39, 0.29) is 11.8 Å². The Morgan fingerprint density at radius 1 is 0.972 bits per heavy atom. The average Bonchev–Trinajstić information content (AvgIpc) is 2.92. The number of nitrogens with zero attached hydrogens (tertiary/aromatic N) is 4. The molecule has 36 heavy (non-hydrogen) atoms. The van der Waals surface area contributed by atoms with Crippen molar-refractivity contribution in [3.63, 3.8) is 0 Å². The largest absolute Gasteiger partial charge is 0.496 e. The van der Waals surface area contributed by atoms with Gasteiger partial charge in [-0.25, -0.2) is 0 Å². The summed E-state index contributed by atoms with van der Waals surface area (Å²) in [5.41, 5.74) is 4.40. The highest BCUT2D eigenvalue weighted by Crippen LogP contribution is 2.28. The average molecular weight is 487 g/mol. The fraction of sp³-hybridized carbons (Fsp3) is 0.345. The van der Waals surface area contributed by atoms with E-state index in [2.05, 4.69) is 16.0 Å². The van der Waals surface area contributed by atoms with Gasteiger partial charge in [0.25, 0.3) is 5.91 Å². The normalized spacial score (nSPS) is 15.1. The van der Waals surface area contributed by atoms with E-state index in [0.29, 0.717) is 37.5 Å². The zero-order valence-electron chi connectivity index (χ0n) is 21.3. The number of carbonyl (C=O) groups is 2. The summed E-state index contributed by atoms with van der Waals surface area (Å²) in [5, 5.41) is 0. The van der Waals surface area contributed by atoms with Crippen LogP contribution < -0.4 is 9.64 Å². The molecule has 0 aliphatic carbocycles. The number of benzene rings is 2. The Kier molecular flexibility index (Phi) is 8.33. The van der Waals surface area contributed by atoms with Gasteiger partial charge in [-0.1, -0.05) is 36.4 Å². The van der Waals surface area contributed by atoms with Crippen LogP contribution in [0.2, 0.25) is 0 Å². The van der Waals surface area contributed by atoms with Gasteiger partial charge >= 0.3 is 0 Å². The van der Waals surface area contributed by atoms with Crippen molar-refractivity contribution in [1.82, 2.24) is 14.8 Å². The number of rotatable bonds is 4. The maximum atomic E-state index is 13.9. The SMILES string of the molecule is COc1c(C)cccc1C(=O)N1CCN(Cc2cccnc2)CCCN(C(C)=O)c2ccccc2C1. The number of para-hydroxylation sites is 2. The van der Waals surface area contributed by atoms with E-state index in [4.69, 9.17) is 4.74 Å². The number of aromatic nitrogens is 1. The highest BCUT2D eigenvalue weighted by Gasteiger charge is 2.25. The Balaban J connectivity index is 1.70. The predicted molar refractivity (Wildman–Crippen MR) is 141 cm³/mol. The maximum Gasteiger partial charge on any atom is 0.257 e. The van der Waals surface area contributed by atoms with E-state index in [1.807, 2.05) is 71.5 Å². The fourth-order valence-corrected chi connectivity index (χ4v) is 4.81. The first kappa shape index (κ1) is 25.4. The van der Waals surface area contributed by atoms with Gasteiger partial charge in [0.15, 0.2) is 0 Å². The monoisotopic (exact) mass is 486 g/mol. The lowest BCUT2D eigenvalue weighted by molar-refractivity contribution is -0.116. The summed E-state index contributed by atoms with van der Waals surface area (Å²) in [6.45, 7) is 7.35. The number of carbonyl (C=O) groups excluding carboxylic acids is 2. The highest BCUT2D eigenvalue weighted by molar-refractivity contribution is 5.97. The van der Waals surface area contributed by atoms with Crippen LogP contribution in [0.4, 0.5) is 5.69 Å². The number of methoxy groups -OCH3 is 1. The van der Waals surface area contributed by atoms with Gasteiger partial charge in [-0.3, -0.25) is 19.5 Å². The molecule has 0 atom stereocenters. The first-order valence-electron chi connectivity index (χ1n) is 12.4. The second-order valence-electron chi connectivity index (χ2n) is 9.17. The number of anilines is 1. The van der Waals surface area contributed by atoms with E-state index in [1.165, 1.54) is 0 Å². The van der Waals surface area contributed by atoms with Gasteiger partial charge in [-0.15, -0.1) is 0 Å². The van der Waals surface area contributed by atoms with Crippen LogP contribution in [0.25, 0.3) is 0 Å². The summed E-state index contributed by atoms with van der Waals surface area (Å²) in [6, 6.07) is 17.5. The number of hydrogen-bond donors (Lipinski definition) is 0. The van der Waals surface area contributed by atoms with E-state index < -0.39 is 0 Å². The molecule has 0 unspecified atom stereocenters. The molecule has 0 spiro atoms. The number of hydrogen-bond acceptors (Lipinski definition) is 5. The summed E-state index contributed by atoms with van der Waals surface area (Å²) in [5.74, 6) is 0.515. The van der Waals surface area contributed by atoms with Crippen LogP contribution in [0.1, 0.15) is 40.4 Å². The van der Waals surface area contributed by atoms with Crippen LogP contribution >= 0.6 is 0 Å². The molecule has 0 fully saturated rings.